The third-order valence-electron chi connectivity index (χ3n) is 7.16. The number of aryl methyl sites for hydroxylation is 1. The van der Waals surface area contributed by atoms with Gasteiger partial charge in [-0.25, -0.2) is 19.3 Å². The van der Waals surface area contributed by atoms with E-state index in [0.717, 1.165) is 22.9 Å². The average molecular weight is 682 g/mol. The lowest BCUT2D eigenvalue weighted by Gasteiger charge is -2.23. The average Bonchev–Trinajstić information content (AvgIpc) is 3.63. The topological polar surface area (TPSA) is 151 Å². The number of rotatable bonds is 9. The SMILES string of the molecule is Cc1cccc(N2C(=O)CSC2=NC(=O)NC(Cc2ccc(-c3ncn(-c4ccc(OC(F)(F)F)cc4)n3)cc2)NC(=O)O)c1C(C)C. The Morgan fingerprint density at radius 2 is 1.77 bits per heavy atom. The van der Waals surface area contributed by atoms with Crippen LogP contribution < -0.4 is 20.3 Å². The van der Waals surface area contributed by atoms with Gasteiger partial charge in [-0.05, 0) is 59.9 Å². The number of aromatic nitrogens is 3. The molecule has 1 aromatic heterocycles. The molecule has 1 unspecified atom stereocenters. The number of amides is 4. The summed E-state index contributed by atoms with van der Waals surface area (Å²) in [6.45, 7) is 5.99. The third-order valence-corrected chi connectivity index (χ3v) is 8.08. The molecular weight excluding hydrogens is 651 g/mol. The summed E-state index contributed by atoms with van der Waals surface area (Å²) in [5, 5.41) is 18.8. The van der Waals surface area contributed by atoms with Crippen molar-refractivity contribution in [3.05, 3.63) is 89.7 Å². The van der Waals surface area contributed by atoms with Crippen LogP contribution in [-0.2, 0) is 11.2 Å². The Morgan fingerprint density at radius 1 is 1.06 bits per heavy atom. The zero-order chi connectivity index (χ0) is 34.6. The second-order valence-electron chi connectivity index (χ2n) is 11.0. The number of halogens is 3. The highest BCUT2D eigenvalue weighted by molar-refractivity contribution is 8.15. The quantitative estimate of drug-likeness (QED) is 0.176. The second-order valence-corrected chi connectivity index (χ2v) is 11.9. The van der Waals surface area contributed by atoms with Crippen LogP contribution in [0.5, 0.6) is 5.75 Å². The number of carbonyl (C=O) groups is 3. The summed E-state index contributed by atoms with van der Waals surface area (Å²) in [5.74, 6) is -0.0227. The van der Waals surface area contributed by atoms with E-state index in [-0.39, 0.29) is 34.9 Å². The summed E-state index contributed by atoms with van der Waals surface area (Å²) in [4.78, 5) is 47.3. The van der Waals surface area contributed by atoms with E-state index < -0.39 is 24.7 Å². The van der Waals surface area contributed by atoms with Crippen LogP contribution in [0.2, 0.25) is 0 Å². The number of ether oxygens (including phenoxy) is 1. The Balaban J connectivity index is 1.27. The molecule has 1 saturated heterocycles. The first-order valence-electron chi connectivity index (χ1n) is 14.6. The fourth-order valence-corrected chi connectivity index (χ4v) is 6.05. The Kier molecular flexibility index (Phi) is 10.0. The number of nitrogens with zero attached hydrogens (tertiary/aromatic N) is 5. The number of amidine groups is 1. The molecule has 0 radical (unpaired) electrons. The number of anilines is 1. The van der Waals surface area contributed by atoms with E-state index in [1.807, 2.05) is 39.0 Å². The molecule has 12 nitrogen and oxygen atoms in total. The van der Waals surface area contributed by atoms with Crippen LogP contribution >= 0.6 is 11.8 Å². The lowest BCUT2D eigenvalue weighted by molar-refractivity contribution is -0.274. The van der Waals surface area contributed by atoms with Gasteiger partial charge in [-0.1, -0.05) is 62.0 Å². The molecule has 1 aliphatic rings. The van der Waals surface area contributed by atoms with Crippen molar-refractivity contribution in [2.45, 2.75) is 45.6 Å². The van der Waals surface area contributed by atoms with Crippen LogP contribution in [0.1, 0.15) is 36.5 Å². The number of urea groups is 1. The lowest BCUT2D eigenvalue weighted by Crippen LogP contribution is -2.48. The second kappa shape index (κ2) is 14.2. The maximum atomic E-state index is 13.0. The number of alkyl halides is 3. The molecular formula is C32H30F3N7O5S. The zero-order valence-electron chi connectivity index (χ0n) is 25.9. The summed E-state index contributed by atoms with van der Waals surface area (Å²) in [7, 11) is 0. The van der Waals surface area contributed by atoms with Gasteiger partial charge in [0.2, 0.25) is 5.91 Å². The van der Waals surface area contributed by atoms with Gasteiger partial charge in [0.05, 0.1) is 17.1 Å². The van der Waals surface area contributed by atoms with Crippen LogP contribution in [0, 0.1) is 6.92 Å². The van der Waals surface area contributed by atoms with Crippen LogP contribution in [-0.4, -0.2) is 61.4 Å². The van der Waals surface area contributed by atoms with Gasteiger partial charge in [0.25, 0.3) is 0 Å². The third kappa shape index (κ3) is 8.31. The fourth-order valence-electron chi connectivity index (χ4n) is 5.19. The Labute approximate surface area is 277 Å². The van der Waals surface area contributed by atoms with Crippen LogP contribution in [0.3, 0.4) is 0 Å². The highest BCUT2D eigenvalue weighted by Gasteiger charge is 2.33. The summed E-state index contributed by atoms with van der Waals surface area (Å²) in [6, 6.07) is 16.8. The van der Waals surface area contributed by atoms with Crippen molar-refractivity contribution in [2.75, 3.05) is 10.7 Å². The first-order chi connectivity index (χ1) is 22.8. The van der Waals surface area contributed by atoms with E-state index >= 15 is 0 Å². The molecule has 16 heteroatoms. The Morgan fingerprint density at radius 3 is 2.42 bits per heavy atom. The Bertz CT molecular complexity index is 1840. The molecule has 0 saturated carbocycles. The monoisotopic (exact) mass is 681 g/mol. The first kappa shape index (κ1) is 34.0. The molecule has 2 heterocycles. The van der Waals surface area contributed by atoms with E-state index in [0.29, 0.717) is 28.3 Å². The number of hydrogen-bond acceptors (Lipinski definition) is 7. The van der Waals surface area contributed by atoms with E-state index in [2.05, 4.69) is 30.4 Å². The van der Waals surface area contributed by atoms with Crippen molar-refractivity contribution in [3.63, 3.8) is 0 Å². The van der Waals surface area contributed by atoms with E-state index in [1.165, 1.54) is 40.2 Å². The van der Waals surface area contributed by atoms with Crippen molar-refractivity contribution in [1.29, 1.82) is 0 Å². The van der Waals surface area contributed by atoms with Crippen molar-refractivity contribution < 1.29 is 37.4 Å². The number of nitrogens with one attached hydrogen (secondary N) is 2. The number of thioether (sulfide) groups is 1. The number of carbonyl (C=O) groups excluding carboxylic acids is 2. The van der Waals surface area contributed by atoms with E-state index in [1.54, 1.807) is 24.3 Å². The Hall–Kier alpha value is -5.38. The van der Waals surface area contributed by atoms with Gasteiger partial charge in [0.1, 0.15) is 18.2 Å². The number of hydrogen-bond donors (Lipinski definition) is 3. The van der Waals surface area contributed by atoms with E-state index in [4.69, 9.17) is 0 Å². The van der Waals surface area contributed by atoms with Crippen molar-refractivity contribution >= 4 is 40.6 Å². The minimum atomic E-state index is -4.80. The van der Waals surface area contributed by atoms with Gasteiger partial charge in [-0.2, -0.15) is 4.99 Å². The number of aliphatic imine (C=N–C) groups is 1. The molecule has 3 aromatic carbocycles. The van der Waals surface area contributed by atoms with Gasteiger partial charge in [-0.3, -0.25) is 9.69 Å². The maximum absolute atomic E-state index is 13.0. The molecule has 250 valence electrons. The molecule has 48 heavy (non-hydrogen) atoms. The highest BCUT2D eigenvalue weighted by atomic mass is 32.2. The molecule has 4 amide bonds. The minimum absolute atomic E-state index is 0.0720. The summed E-state index contributed by atoms with van der Waals surface area (Å²) in [5.41, 5.74) is 4.37. The van der Waals surface area contributed by atoms with Crippen molar-refractivity contribution in [3.8, 4) is 22.8 Å². The normalized spacial score (nSPS) is 14.8. The van der Waals surface area contributed by atoms with Gasteiger partial charge < -0.3 is 20.5 Å². The minimum Gasteiger partial charge on any atom is -0.465 e. The summed E-state index contributed by atoms with van der Waals surface area (Å²) in [6.07, 6.45) is -5.72. The van der Waals surface area contributed by atoms with Crippen LogP contribution in [0.4, 0.5) is 28.4 Å². The number of benzene rings is 3. The van der Waals surface area contributed by atoms with Crippen LogP contribution in [0.25, 0.3) is 17.1 Å². The molecule has 3 N–H and O–H groups in total. The van der Waals surface area contributed by atoms with Gasteiger partial charge >= 0.3 is 18.5 Å². The lowest BCUT2D eigenvalue weighted by atomic mass is 9.95. The molecule has 0 aliphatic carbocycles. The molecule has 5 rings (SSSR count). The van der Waals surface area contributed by atoms with E-state index in [9.17, 15) is 32.7 Å². The molecule has 1 fully saturated rings. The highest BCUT2D eigenvalue weighted by Crippen LogP contribution is 2.35. The predicted molar refractivity (Wildman–Crippen MR) is 173 cm³/mol. The fraction of sp³-hybridized carbons (Fsp3) is 0.250. The van der Waals surface area contributed by atoms with Gasteiger partial charge in [0, 0.05) is 12.0 Å². The van der Waals surface area contributed by atoms with Crippen molar-refractivity contribution in [2.24, 2.45) is 4.99 Å². The zero-order valence-corrected chi connectivity index (χ0v) is 26.7. The summed E-state index contributed by atoms with van der Waals surface area (Å²) >= 11 is 1.12. The number of carboxylic acid groups (broad SMARTS) is 1. The van der Waals surface area contributed by atoms with Crippen LogP contribution in [0.15, 0.2) is 78.0 Å². The first-order valence-corrected chi connectivity index (χ1v) is 15.6. The van der Waals surface area contributed by atoms with Gasteiger partial charge in [0.15, 0.2) is 11.0 Å². The molecule has 0 spiro atoms. The largest absolute Gasteiger partial charge is 0.573 e. The predicted octanol–water partition coefficient (Wildman–Crippen LogP) is 6.25. The van der Waals surface area contributed by atoms with Gasteiger partial charge in [-0.15, -0.1) is 18.3 Å². The molecule has 4 aromatic rings. The standard InChI is InChI=1S/C32H30F3N7O5S/c1-18(2)27-19(3)5-4-6-24(27)42-26(43)16-48-30(42)39-29(44)37-25(38-31(45)46)15-20-7-9-21(10-8-20)28-36-17-41(40-28)22-11-13-23(14-12-22)47-32(33,34)35/h4-14,17-18,25,38H,15-16H2,1-3H3,(H,37,44)(H,45,46). The summed E-state index contributed by atoms with van der Waals surface area (Å²) < 4.78 is 42.6. The molecule has 1 aliphatic heterocycles. The maximum Gasteiger partial charge on any atom is 0.573 e. The molecule has 0 bridgehead atoms. The smallest absolute Gasteiger partial charge is 0.465 e. The van der Waals surface area contributed by atoms with Crippen molar-refractivity contribution in [1.82, 2.24) is 25.4 Å². The molecule has 1 atom stereocenters.